The van der Waals surface area contributed by atoms with Gasteiger partial charge in [-0.25, -0.2) is 9.97 Å². The van der Waals surface area contributed by atoms with Gasteiger partial charge < -0.3 is 15.5 Å². The van der Waals surface area contributed by atoms with Crippen LogP contribution in [0.1, 0.15) is 27.0 Å². The molecule has 0 aliphatic rings. The minimum Gasteiger partial charge on any atom is -0.392 e. The van der Waals surface area contributed by atoms with Crippen LogP contribution in [0.15, 0.2) is 66.7 Å². The molecule has 0 saturated heterocycles. The molecule has 0 amide bonds. The molecule has 1 aromatic heterocycles. The van der Waals surface area contributed by atoms with Crippen molar-refractivity contribution in [3.63, 3.8) is 0 Å². The SMILES string of the molecule is CNc1nc(-c2cccc(CC(=O)c3ccccc3)c2)c2cc(CO)c(CO)cc2n1. The van der Waals surface area contributed by atoms with Crippen LogP contribution in [-0.4, -0.2) is 33.0 Å². The van der Waals surface area contributed by atoms with Crippen molar-refractivity contribution in [2.45, 2.75) is 19.6 Å². The van der Waals surface area contributed by atoms with E-state index in [9.17, 15) is 15.0 Å². The summed E-state index contributed by atoms with van der Waals surface area (Å²) in [5, 5.41) is 23.1. The van der Waals surface area contributed by atoms with Gasteiger partial charge in [-0.15, -0.1) is 0 Å². The Balaban J connectivity index is 1.79. The van der Waals surface area contributed by atoms with Crippen molar-refractivity contribution in [2.75, 3.05) is 12.4 Å². The Kier molecular flexibility index (Phi) is 6.02. The maximum Gasteiger partial charge on any atom is 0.223 e. The first kappa shape index (κ1) is 20.7. The first-order chi connectivity index (χ1) is 15.1. The van der Waals surface area contributed by atoms with Crippen molar-refractivity contribution in [3.05, 3.63) is 89.0 Å². The number of rotatable bonds is 7. The highest BCUT2D eigenvalue weighted by Gasteiger charge is 2.14. The maximum atomic E-state index is 12.6. The van der Waals surface area contributed by atoms with Crippen LogP contribution < -0.4 is 5.32 Å². The summed E-state index contributed by atoms with van der Waals surface area (Å²) in [6.45, 7) is -0.373. The third kappa shape index (κ3) is 4.30. The smallest absolute Gasteiger partial charge is 0.223 e. The Hall–Kier alpha value is -3.61. The molecular weight excluding hydrogens is 390 g/mol. The van der Waals surface area contributed by atoms with Gasteiger partial charge in [-0.3, -0.25) is 4.79 Å². The quantitative estimate of drug-likeness (QED) is 0.400. The lowest BCUT2D eigenvalue weighted by molar-refractivity contribution is 0.0993. The molecule has 0 atom stereocenters. The lowest BCUT2D eigenvalue weighted by Crippen LogP contribution is -2.04. The minimum atomic E-state index is -0.190. The van der Waals surface area contributed by atoms with Crippen molar-refractivity contribution >= 4 is 22.6 Å². The van der Waals surface area contributed by atoms with Gasteiger partial charge in [-0.1, -0.05) is 48.5 Å². The molecule has 0 radical (unpaired) electrons. The molecule has 156 valence electrons. The normalized spacial score (nSPS) is 10.9. The van der Waals surface area contributed by atoms with Crippen LogP contribution in [0.2, 0.25) is 0 Å². The lowest BCUT2D eigenvalue weighted by atomic mass is 9.97. The molecule has 3 aromatic carbocycles. The number of anilines is 1. The van der Waals surface area contributed by atoms with Crippen LogP contribution in [-0.2, 0) is 19.6 Å². The molecule has 0 aliphatic heterocycles. The fourth-order valence-corrected chi connectivity index (χ4v) is 3.63. The minimum absolute atomic E-state index is 0.0522. The number of fused-ring (bicyclic) bond motifs is 1. The Bertz CT molecular complexity index is 1240. The zero-order chi connectivity index (χ0) is 21.8. The molecule has 0 spiro atoms. The predicted molar refractivity (Wildman–Crippen MR) is 121 cm³/mol. The number of aromatic nitrogens is 2. The molecule has 31 heavy (non-hydrogen) atoms. The van der Waals surface area contributed by atoms with Gasteiger partial charge in [0.05, 0.1) is 24.4 Å². The van der Waals surface area contributed by atoms with E-state index in [4.69, 9.17) is 0 Å². The second-order valence-electron chi connectivity index (χ2n) is 7.27. The van der Waals surface area contributed by atoms with E-state index in [1.807, 2.05) is 60.7 Å². The molecule has 0 unspecified atom stereocenters. The number of Topliss-reactive ketones (excluding diaryl/α,β-unsaturated/α-hetero) is 1. The summed E-state index contributed by atoms with van der Waals surface area (Å²) in [5.41, 5.74) is 5.05. The van der Waals surface area contributed by atoms with Crippen molar-refractivity contribution in [3.8, 4) is 11.3 Å². The van der Waals surface area contributed by atoms with E-state index in [-0.39, 0.29) is 25.4 Å². The number of ketones is 1. The van der Waals surface area contributed by atoms with Gasteiger partial charge in [-0.2, -0.15) is 0 Å². The van der Waals surface area contributed by atoms with Crippen molar-refractivity contribution in [1.82, 2.24) is 9.97 Å². The second kappa shape index (κ2) is 9.04. The maximum absolute atomic E-state index is 12.6. The molecule has 0 saturated carbocycles. The van der Waals surface area contributed by atoms with Crippen molar-refractivity contribution < 1.29 is 15.0 Å². The summed E-state index contributed by atoms with van der Waals surface area (Å²) in [5.74, 6) is 0.505. The van der Waals surface area contributed by atoms with Crippen LogP contribution in [0.5, 0.6) is 0 Å². The number of nitrogens with zero attached hydrogens (tertiary/aromatic N) is 2. The molecule has 0 fully saturated rings. The standard InChI is InChI=1S/C25H23N3O3/c1-26-25-27-22-13-20(15-30)19(14-29)12-21(22)24(28-25)18-9-5-6-16(10-18)11-23(31)17-7-3-2-4-8-17/h2-10,12-13,29-30H,11,14-15H2,1H3,(H,26,27,28). The van der Waals surface area contributed by atoms with Crippen LogP contribution in [0.25, 0.3) is 22.2 Å². The molecule has 4 rings (SSSR count). The molecule has 0 aliphatic carbocycles. The summed E-state index contributed by atoms with van der Waals surface area (Å²) < 4.78 is 0. The van der Waals surface area contributed by atoms with Gasteiger partial charge in [0.15, 0.2) is 5.78 Å². The van der Waals surface area contributed by atoms with Crippen molar-refractivity contribution in [2.24, 2.45) is 0 Å². The zero-order valence-corrected chi connectivity index (χ0v) is 17.2. The Morgan fingerprint density at radius 3 is 2.35 bits per heavy atom. The number of carbonyl (C=O) groups is 1. The predicted octanol–water partition coefficient (Wildman–Crippen LogP) is 3.75. The van der Waals surface area contributed by atoms with Gasteiger partial charge >= 0.3 is 0 Å². The summed E-state index contributed by atoms with van der Waals surface area (Å²) in [7, 11) is 1.74. The average molecular weight is 413 g/mol. The Morgan fingerprint density at radius 2 is 1.65 bits per heavy atom. The van der Waals surface area contributed by atoms with Gasteiger partial charge in [0, 0.05) is 30.0 Å². The van der Waals surface area contributed by atoms with E-state index in [1.165, 1.54) is 0 Å². The first-order valence-corrected chi connectivity index (χ1v) is 10.0. The van der Waals surface area contributed by atoms with Crippen molar-refractivity contribution in [1.29, 1.82) is 0 Å². The van der Waals surface area contributed by atoms with E-state index >= 15 is 0 Å². The van der Waals surface area contributed by atoms with E-state index in [0.29, 0.717) is 33.8 Å². The monoisotopic (exact) mass is 413 g/mol. The molecule has 6 heteroatoms. The van der Waals surface area contributed by atoms with Crippen LogP contribution in [0, 0.1) is 0 Å². The van der Waals surface area contributed by atoms with Gasteiger partial charge in [0.1, 0.15) is 0 Å². The summed E-state index contributed by atoms with van der Waals surface area (Å²) in [6, 6.07) is 20.6. The molecule has 3 N–H and O–H groups in total. The highest BCUT2D eigenvalue weighted by molar-refractivity contribution is 5.98. The van der Waals surface area contributed by atoms with E-state index < -0.39 is 0 Å². The number of nitrogens with one attached hydrogen (secondary N) is 1. The summed E-state index contributed by atoms with van der Waals surface area (Å²) >= 11 is 0. The first-order valence-electron chi connectivity index (χ1n) is 10.0. The van der Waals surface area contributed by atoms with E-state index in [0.717, 1.165) is 16.5 Å². The van der Waals surface area contributed by atoms with Gasteiger partial charge in [0.2, 0.25) is 5.95 Å². The third-order valence-corrected chi connectivity index (χ3v) is 5.24. The number of hydrogen-bond donors (Lipinski definition) is 3. The zero-order valence-electron chi connectivity index (χ0n) is 17.2. The average Bonchev–Trinajstić information content (AvgIpc) is 2.83. The topological polar surface area (TPSA) is 95.3 Å². The Morgan fingerprint density at radius 1 is 0.903 bits per heavy atom. The molecular formula is C25H23N3O3. The van der Waals surface area contributed by atoms with Crippen LogP contribution in [0.3, 0.4) is 0 Å². The fourth-order valence-electron chi connectivity index (χ4n) is 3.63. The molecule has 0 bridgehead atoms. The number of hydrogen-bond acceptors (Lipinski definition) is 6. The van der Waals surface area contributed by atoms with Gasteiger partial charge in [-0.05, 0) is 34.9 Å². The highest BCUT2D eigenvalue weighted by Crippen LogP contribution is 2.30. The number of aliphatic hydroxyl groups is 2. The molecule has 4 aromatic rings. The lowest BCUT2D eigenvalue weighted by Gasteiger charge is -2.13. The highest BCUT2D eigenvalue weighted by atomic mass is 16.3. The number of carbonyl (C=O) groups excluding carboxylic acids is 1. The van der Waals surface area contributed by atoms with Gasteiger partial charge in [0.25, 0.3) is 0 Å². The van der Waals surface area contributed by atoms with E-state index in [1.54, 1.807) is 13.1 Å². The third-order valence-electron chi connectivity index (χ3n) is 5.24. The second-order valence-corrected chi connectivity index (χ2v) is 7.27. The van der Waals surface area contributed by atoms with Crippen LogP contribution >= 0.6 is 0 Å². The number of benzene rings is 3. The largest absolute Gasteiger partial charge is 0.392 e. The van der Waals surface area contributed by atoms with E-state index in [2.05, 4.69) is 15.3 Å². The summed E-state index contributed by atoms with van der Waals surface area (Å²) in [4.78, 5) is 21.8. The summed E-state index contributed by atoms with van der Waals surface area (Å²) in [6.07, 6.45) is 0.288. The Labute approximate surface area is 180 Å². The van der Waals surface area contributed by atoms with Crippen LogP contribution in [0.4, 0.5) is 5.95 Å². The number of aliphatic hydroxyl groups excluding tert-OH is 2. The molecule has 1 heterocycles. The fraction of sp³-hybridized carbons (Fsp3) is 0.160. The molecule has 6 nitrogen and oxygen atoms in total.